The Bertz CT molecular complexity index is 563. The first-order chi connectivity index (χ1) is 8.25. The number of carbonyl (C=O) groups is 1. The molecule has 17 heavy (non-hydrogen) atoms. The zero-order valence-electron chi connectivity index (χ0n) is 9.08. The molecule has 0 bridgehead atoms. The highest BCUT2D eigenvalue weighted by molar-refractivity contribution is 7.71. The molecule has 2 rings (SSSR count). The Morgan fingerprint density at radius 3 is 2.53 bits per heavy atom. The van der Waals surface area contributed by atoms with Gasteiger partial charge in [-0.25, -0.2) is 4.79 Å². The lowest BCUT2D eigenvalue weighted by Crippen LogP contribution is -2.21. The molecule has 0 atom stereocenters. The molecule has 0 aliphatic rings. The van der Waals surface area contributed by atoms with Crippen molar-refractivity contribution in [3.8, 4) is 0 Å². The molecule has 4 heteroatoms. The molecule has 86 valence electrons. The second-order valence-corrected chi connectivity index (χ2v) is 3.91. The molecule has 0 radical (unpaired) electrons. The van der Waals surface area contributed by atoms with Crippen molar-refractivity contribution >= 4 is 18.2 Å². The summed E-state index contributed by atoms with van der Waals surface area (Å²) in [6.07, 6.45) is 1.85. The quantitative estimate of drug-likeness (QED) is 0.778. The molecular weight excluding hydrogens is 234 g/mol. The van der Waals surface area contributed by atoms with Crippen LogP contribution in [0.3, 0.4) is 0 Å². The average Bonchev–Trinajstić information content (AvgIpc) is 2.33. The van der Waals surface area contributed by atoms with E-state index in [2.05, 4.69) is 0 Å². The van der Waals surface area contributed by atoms with Gasteiger partial charge >= 0.3 is 5.97 Å². The van der Waals surface area contributed by atoms with Crippen molar-refractivity contribution in [3.63, 3.8) is 0 Å². The summed E-state index contributed by atoms with van der Waals surface area (Å²) in [4.78, 5) is 16.8. The predicted molar refractivity (Wildman–Crippen MR) is 67.0 cm³/mol. The smallest absolute Gasteiger partial charge is 0.335 e. The fourth-order valence-corrected chi connectivity index (χ4v) is 1.57. The topological polar surface area (TPSA) is 31.2 Å². The summed E-state index contributed by atoms with van der Waals surface area (Å²) in [5.74, 6) is -0.335. The highest BCUT2D eigenvalue weighted by Crippen LogP contribution is 2.00. The van der Waals surface area contributed by atoms with Crippen molar-refractivity contribution in [2.45, 2.75) is 6.42 Å². The zero-order valence-corrected chi connectivity index (χ0v) is 9.89. The summed E-state index contributed by atoms with van der Waals surface area (Å²) in [5.41, 5.74) is 0.917. The molecule has 0 aliphatic carbocycles. The number of rotatable bonds is 3. The van der Waals surface area contributed by atoms with Crippen LogP contribution in [0.4, 0.5) is 0 Å². The van der Waals surface area contributed by atoms with E-state index in [1.165, 1.54) is 4.73 Å². The summed E-state index contributed by atoms with van der Waals surface area (Å²) < 4.78 is 1.76. The number of carbonyl (C=O) groups excluding carboxylic acids is 1. The molecule has 0 unspecified atom stereocenters. The molecule has 1 aromatic carbocycles. The van der Waals surface area contributed by atoms with Crippen LogP contribution in [0.15, 0.2) is 54.7 Å². The molecule has 1 heterocycles. The second kappa shape index (κ2) is 5.41. The van der Waals surface area contributed by atoms with Crippen LogP contribution < -0.4 is 4.84 Å². The van der Waals surface area contributed by atoms with E-state index in [0.717, 1.165) is 5.56 Å². The van der Waals surface area contributed by atoms with Gasteiger partial charge in [-0.2, -0.15) is 4.73 Å². The molecule has 2 aromatic rings. The van der Waals surface area contributed by atoms with Crippen molar-refractivity contribution in [2.75, 3.05) is 0 Å². The van der Waals surface area contributed by atoms with Gasteiger partial charge in [0.2, 0.25) is 0 Å². The molecular formula is C13H11NO2S. The third-order valence-electron chi connectivity index (χ3n) is 2.18. The Hall–Kier alpha value is -1.94. The molecule has 1 aromatic heterocycles. The minimum atomic E-state index is -0.335. The highest BCUT2D eigenvalue weighted by Gasteiger charge is 2.05. The van der Waals surface area contributed by atoms with Crippen molar-refractivity contribution < 1.29 is 9.63 Å². The largest absolute Gasteiger partial charge is 0.337 e. The number of aromatic nitrogens is 1. The van der Waals surface area contributed by atoms with Crippen LogP contribution >= 0.6 is 12.2 Å². The van der Waals surface area contributed by atoms with Crippen molar-refractivity contribution in [2.24, 2.45) is 0 Å². The van der Waals surface area contributed by atoms with Gasteiger partial charge in [0.25, 0.3) is 0 Å². The molecule has 0 aliphatic heterocycles. The SMILES string of the molecule is O=C(Cc1ccccc1)On1ccccc1=S. The van der Waals surface area contributed by atoms with E-state index in [1.807, 2.05) is 30.3 Å². The van der Waals surface area contributed by atoms with E-state index in [-0.39, 0.29) is 12.4 Å². The van der Waals surface area contributed by atoms with E-state index >= 15 is 0 Å². The monoisotopic (exact) mass is 245 g/mol. The first kappa shape index (κ1) is 11.5. The fraction of sp³-hybridized carbons (Fsp3) is 0.0769. The average molecular weight is 245 g/mol. The summed E-state index contributed by atoms with van der Waals surface area (Å²) in [5, 5.41) is 0. The minimum Gasteiger partial charge on any atom is -0.335 e. The molecule has 0 saturated carbocycles. The van der Waals surface area contributed by atoms with Gasteiger partial charge in [0.15, 0.2) is 0 Å². The fourth-order valence-electron chi connectivity index (χ4n) is 1.39. The van der Waals surface area contributed by atoms with Crippen LogP contribution in [0.2, 0.25) is 0 Å². The molecule has 0 fully saturated rings. The Kier molecular flexibility index (Phi) is 3.67. The molecule has 0 spiro atoms. The summed E-state index contributed by atoms with van der Waals surface area (Å²) in [6.45, 7) is 0. The number of nitrogens with zero attached hydrogens (tertiary/aromatic N) is 1. The Balaban J connectivity index is 2.04. The van der Waals surface area contributed by atoms with E-state index in [4.69, 9.17) is 17.1 Å². The van der Waals surface area contributed by atoms with Gasteiger partial charge in [0, 0.05) is 6.20 Å². The van der Waals surface area contributed by atoms with Crippen LogP contribution in [-0.4, -0.2) is 10.7 Å². The van der Waals surface area contributed by atoms with Crippen LogP contribution in [0.25, 0.3) is 0 Å². The number of benzene rings is 1. The van der Waals surface area contributed by atoms with Gasteiger partial charge in [0.05, 0.1) is 6.42 Å². The van der Waals surface area contributed by atoms with Crippen molar-refractivity contribution in [1.82, 2.24) is 4.73 Å². The maximum absolute atomic E-state index is 11.6. The lowest BCUT2D eigenvalue weighted by molar-refractivity contribution is -0.143. The van der Waals surface area contributed by atoms with Gasteiger partial charge in [-0.3, -0.25) is 0 Å². The maximum atomic E-state index is 11.6. The van der Waals surface area contributed by atoms with Crippen molar-refractivity contribution in [3.05, 3.63) is 64.9 Å². The third-order valence-corrected chi connectivity index (χ3v) is 2.50. The second-order valence-electron chi connectivity index (χ2n) is 3.49. The summed E-state index contributed by atoms with van der Waals surface area (Å²) >= 11 is 5.02. The van der Waals surface area contributed by atoms with E-state index in [0.29, 0.717) is 4.64 Å². The van der Waals surface area contributed by atoms with Gasteiger partial charge in [0.1, 0.15) is 4.64 Å². The van der Waals surface area contributed by atoms with Crippen LogP contribution in [0.1, 0.15) is 5.56 Å². The van der Waals surface area contributed by atoms with Crippen LogP contribution in [0, 0.1) is 4.64 Å². The molecule has 0 saturated heterocycles. The van der Waals surface area contributed by atoms with Crippen molar-refractivity contribution in [1.29, 1.82) is 0 Å². The minimum absolute atomic E-state index is 0.234. The van der Waals surface area contributed by atoms with Crippen LogP contribution in [-0.2, 0) is 11.2 Å². The first-order valence-corrected chi connectivity index (χ1v) is 5.59. The normalized spacial score (nSPS) is 9.88. The third kappa shape index (κ3) is 3.26. The predicted octanol–water partition coefficient (Wildman–Crippen LogP) is 2.42. The van der Waals surface area contributed by atoms with Gasteiger partial charge in [-0.05, 0) is 17.7 Å². The van der Waals surface area contributed by atoms with Gasteiger partial charge in [-0.15, -0.1) is 0 Å². The molecule has 3 nitrogen and oxygen atoms in total. The maximum Gasteiger partial charge on any atom is 0.337 e. The van der Waals surface area contributed by atoms with Gasteiger partial charge in [-0.1, -0.05) is 48.6 Å². The molecule has 0 N–H and O–H groups in total. The zero-order chi connectivity index (χ0) is 12.1. The highest BCUT2D eigenvalue weighted by atomic mass is 32.1. The van der Waals surface area contributed by atoms with E-state index in [1.54, 1.807) is 24.4 Å². The lowest BCUT2D eigenvalue weighted by atomic mass is 10.2. The Morgan fingerprint density at radius 1 is 1.12 bits per heavy atom. The molecule has 0 amide bonds. The number of pyridine rings is 1. The number of hydrogen-bond acceptors (Lipinski definition) is 3. The first-order valence-electron chi connectivity index (χ1n) is 5.18. The standard InChI is InChI=1S/C13H11NO2S/c15-13(10-11-6-2-1-3-7-11)16-14-9-5-4-8-12(14)17/h1-9H,10H2. The van der Waals surface area contributed by atoms with Crippen LogP contribution in [0.5, 0.6) is 0 Å². The lowest BCUT2D eigenvalue weighted by Gasteiger charge is -2.06. The Labute approximate surface area is 104 Å². The van der Waals surface area contributed by atoms with E-state index in [9.17, 15) is 4.79 Å². The summed E-state index contributed by atoms with van der Waals surface area (Å²) in [7, 11) is 0. The van der Waals surface area contributed by atoms with E-state index < -0.39 is 0 Å². The number of hydrogen-bond donors (Lipinski definition) is 0. The summed E-state index contributed by atoms with van der Waals surface area (Å²) in [6, 6.07) is 14.7. The Morgan fingerprint density at radius 2 is 1.82 bits per heavy atom. The van der Waals surface area contributed by atoms with Gasteiger partial charge < -0.3 is 4.84 Å².